The van der Waals surface area contributed by atoms with Crippen LogP contribution in [-0.2, 0) is 22.6 Å². The van der Waals surface area contributed by atoms with Crippen molar-refractivity contribution in [2.45, 2.75) is 33.4 Å². The van der Waals surface area contributed by atoms with Gasteiger partial charge in [-0.3, -0.25) is 19.1 Å². The Morgan fingerprint density at radius 1 is 0.970 bits per heavy atom. The summed E-state index contributed by atoms with van der Waals surface area (Å²) in [4.78, 5) is 52.1. The van der Waals surface area contributed by atoms with E-state index in [-0.39, 0.29) is 25.1 Å². The minimum Gasteiger partial charge on any atom is -0.469 e. The number of ether oxygens (including phenoxy) is 1. The van der Waals surface area contributed by atoms with E-state index in [0.29, 0.717) is 5.56 Å². The largest absolute Gasteiger partial charge is 0.469 e. The van der Waals surface area contributed by atoms with Gasteiger partial charge in [0.25, 0.3) is 5.91 Å². The maximum absolute atomic E-state index is 13.1. The van der Waals surface area contributed by atoms with Crippen LogP contribution in [0.1, 0.15) is 33.5 Å². The van der Waals surface area contributed by atoms with Crippen LogP contribution in [0.3, 0.4) is 0 Å². The molecule has 172 valence electrons. The van der Waals surface area contributed by atoms with Crippen molar-refractivity contribution in [3.63, 3.8) is 0 Å². The van der Waals surface area contributed by atoms with Gasteiger partial charge < -0.3 is 4.74 Å². The van der Waals surface area contributed by atoms with Crippen molar-refractivity contribution < 1.29 is 14.3 Å². The highest BCUT2D eigenvalue weighted by atomic mass is 16.5. The fraction of sp³-hybridized carbons (Fsp3) is 0.261. The van der Waals surface area contributed by atoms with E-state index < -0.39 is 23.3 Å². The molecule has 33 heavy (non-hydrogen) atoms. The van der Waals surface area contributed by atoms with Crippen molar-refractivity contribution in [3.05, 3.63) is 97.4 Å². The smallest absolute Gasteiger partial charge is 0.335 e. The number of amides is 1. The van der Waals surface area contributed by atoms with Crippen LogP contribution in [0, 0.1) is 13.8 Å². The van der Waals surface area contributed by atoms with Gasteiger partial charge in [-0.1, -0.05) is 47.5 Å². The molecule has 0 bridgehead atoms. The molecular formula is C23H25N5O5. The Bertz CT molecular complexity index is 1330. The SMILES string of the molecule is COC(=O)CCn1c(=O)[nH]/c(=N\NC(=O)c2ccc(C)cc2)n(Cc2ccc(C)cc2)c1=O. The first kappa shape index (κ1) is 23.5. The molecule has 3 aromatic rings. The van der Waals surface area contributed by atoms with E-state index in [2.05, 4.69) is 20.2 Å². The number of nitrogens with zero attached hydrogens (tertiary/aromatic N) is 3. The van der Waals surface area contributed by atoms with Crippen LogP contribution in [0.15, 0.2) is 63.2 Å². The van der Waals surface area contributed by atoms with E-state index in [4.69, 9.17) is 0 Å². The lowest BCUT2D eigenvalue weighted by Gasteiger charge is -2.11. The van der Waals surface area contributed by atoms with E-state index in [1.807, 2.05) is 38.1 Å². The number of methoxy groups -OCH3 is 1. The highest BCUT2D eigenvalue weighted by Crippen LogP contribution is 2.04. The van der Waals surface area contributed by atoms with Gasteiger partial charge in [-0.2, -0.15) is 0 Å². The third kappa shape index (κ3) is 5.94. The van der Waals surface area contributed by atoms with Crippen LogP contribution >= 0.6 is 0 Å². The normalized spacial score (nSPS) is 11.3. The predicted octanol–water partition coefficient (Wildman–Crippen LogP) is 0.812. The lowest BCUT2D eigenvalue weighted by atomic mass is 10.1. The second-order valence-corrected chi connectivity index (χ2v) is 7.50. The molecule has 0 aliphatic rings. The fourth-order valence-corrected chi connectivity index (χ4v) is 3.04. The molecular weight excluding hydrogens is 426 g/mol. The topological polar surface area (TPSA) is 128 Å². The Kier molecular flexibility index (Phi) is 7.39. The third-order valence-electron chi connectivity index (χ3n) is 4.99. The highest BCUT2D eigenvalue weighted by Gasteiger charge is 2.12. The molecule has 0 spiro atoms. The number of hydrogen-bond acceptors (Lipinski definition) is 6. The molecule has 10 nitrogen and oxygen atoms in total. The number of carbonyl (C=O) groups excluding carboxylic acids is 2. The lowest BCUT2D eigenvalue weighted by molar-refractivity contribution is -0.140. The van der Waals surface area contributed by atoms with Crippen LogP contribution in [0.2, 0.25) is 0 Å². The zero-order chi connectivity index (χ0) is 24.0. The van der Waals surface area contributed by atoms with Gasteiger partial charge in [0.2, 0.25) is 5.62 Å². The van der Waals surface area contributed by atoms with E-state index in [9.17, 15) is 19.2 Å². The summed E-state index contributed by atoms with van der Waals surface area (Å²) in [5.74, 6) is -1.04. The summed E-state index contributed by atoms with van der Waals surface area (Å²) < 4.78 is 6.70. The fourth-order valence-electron chi connectivity index (χ4n) is 3.04. The van der Waals surface area contributed by atoms with Crippen molar-refractivity contribution >= 4 is 11.9 Å². The van der Waals surface area contributed by atoms with E-state index >= 15 is 0 Å². The van der Waals surface area contributed by atoms with Gasteiger partial charge in [-0.25, -0.2) is 19.6 Å². The first-order valence-corrected chi connectivity index (χ1v) is 10.3. The standard InChI is InChI=1S/C23H25N5O5/c1-15-4-8-17(9-5-15)14-28-21(26-25-20(30)18-10-6-16(2)7-11-18)24-22(31)27(23(28)32)13-12-19(29)33-3/h4-11H,12-14H2,1-3H3,(H,25,30)(H,24,26,31). The molecule has 0 saturated carbocycles. The molecule has 2 N–H and O–H groups in total. The number of carbonyl (C=O) groups is 2. The monoisotopic (exact) mass is 451 g/mol. The van der Waals surface area contributed by atoms with Gasteiger partial charge in [-0.05, 0) is 31.5 Å². The van der Waals surface area contributed by atoms with Gasteiger partial charge in [0.1, 0.15) is 0 Å². The summed E-state index contributed by atoms with van der Waals surface area (Å²) in [6.45, 7) is 3.77. The van der Waals surface area contributed by atoms with Gasteiger partial charge in [0.05, 0.1) is 20.1 Å². The molecule has 0 atom stereocenters. The zero-order valence-corrected chi connectivity index (χ0v) is 18.6. The van der Waals surface area contributed by atoms with Gasteiger partial charge in [0.15, 0.2) is 0 Å². The molecule has 0 saturated heterocycles. The zero-order valence-electron chi connectivity index (χ0n) is 18.6. The van der Waals surface area contributed by atoms with Gasteiger partial charge >= 0.3 is 17.3 Å². The quantitative estimate of drug-likeness (QED) is 0.406. The van der Waals surface area contributed by atoms with Crippen molar-refractivity contribution in [1.82, 2.24) is 19.5 Å². The van der Waals surface area contributed by atoms with Crippen molar-refractivity contribution in [2.24, 2.45) is 5.10 Å². The molecule has 1 amide bonds. The maximum atomic E-state index is 13.1. The average molecular weight is 451 g/mol. The van der Waals surface area contributed by atoms with Crippen LogP contribution in [0.5, 0.6) is 0 Å². The van der Waals surface area contributed by atoms with E-state index in [1.165, 1.54) is 11.7 Å². The number of H-pyrrole nitrogens is 1. The molecule has 10 heteroatoms. The summed E-state index contributed by atoms with van der Waals surface area (Å²) in [6.07, 6.45) is -0.148. The number of aromatic nitrogens is 3. The average Bonchev–Trinajstić information content (AvgIpc) is 2.80. The molecule has 2 aromatic carbocycles. The second kappa shape index (κ2) is 10.4. The summed E-state index contributed by atoms with van der Waals surface area (Å²) in [7, 11) is 1.23. The van der Waals surface area contributed by atoms with Gasteiger partial charge in [0, 0.05) is 12.1 Å². The number of nitrogens with one attached hydrogen (secondary N) is 2. The number of esters is 1. The van der Waals surface area contributed by atoms with E-state index in [0.717, 1.165) is 21.3 Å². The van der Waals surface area contributed by atoms with Crippen LogP contribution in [0.25, 0.3) is 0 Å². The molecule has 0 fully saturated rings. The number of hydrogen-bond donors (Lipinski definition) is 2. The molecule has 1 heterocycles. The summed E-state index contributed by atoms with van der Waals surface area (Å²) in [5, 5.41) is 4.00. The predicted molar refractivity (Wildman–Crippen MR) is 120 cm³/mol. The lowest BCUT2D eigenvalue weighted by Crippen LogP contribution is -2.51. The minimum absolute atomic E-state index is 0.0906. The number of aryl methyl sites for hydroxylation is 2. The second-order valence-electron chi connectivity index (χ2n) is 7.50. The number of aromatic amines is 1. The van der Waals surface area contributed by atoms with Crippen molar-refractivity contribution in [3.8, 4) is 0 Å². The van der Waals surface area contributed by atoms with Crippen LogP contribution < -0.4 is 22.4 Å². The Morgan fingerprint density at radius 2 is 1.58 bits per heavy atom. The molecule has 0 aliphatic carbocycles. The summed E-state index contributed by atoms with van der Waals surface area (Å²) in [5.41, 5.74) is 4.04. The Labute approximate surface area is 189 Å². The van der Waals surface area contributed by atoms with Crippen molar-refractivity contribution in [2.75, 3.05) is 7.11 Å². The Morgan fingerprint density at radius 3 is 2.18 bits per heavy atom. The summed E-state index contributed by atoms with van der Waals surface area (Å²) >= 11 is 0. The Balaban J connectivity index is 2.02. The summed E-state index contributed by atoms with van der Waals surface area (Å²) in [6, 6.07) is 14.4. The highest BCUT2D eigenvalue weighted by molar-refractivity contribution is 5.93. The molecule has 0 radical (unpaired) electrons. The van der Waals surface area contributed by atoms with Crippen LogP contribution in [-0.4, -0.2) is 33.1 Å². The molecule has 0 unspecified atom stereocenters. The first-order chi connectivity index (χ1) is 15.8. The minimum atomic E-state index is -0.757. The number of rotatable bonds is 7. The van der Waals surface area contributed by atoms with E-state index in [1.54, 1.807) is 24.3 Å². The molecule has 3 rings (SSSR count). The first-order valence-electron chi connectivity index (χ1n) is 10.3. The number of benzene rings is 2. The maximum Gasteiger partial charge on any atom is 0.335 e. The Hall–Kier alpha value is -4.21. The molecule has 1 aromatic heterocycles. The van der Waals surface area contributed by atoms with Crippen molar-refractivity contribution in [1.29, 1.82) is 0 Å². The van der Waals surface area contributed by atoms with Gasteiger partial charge in [-0.15, -0.1) is 5.10 Å². The van der Waals surface area contributed by atoms with Crippen LogP contribution in [0.4, 0.5) is 0 Å². The molecule has 0 aliphatic heterocycles. The third-order valence-corrected chi connectivity index (χ3v) is 4.99.